The average Bonchev–Trinajstić information content (AvgIpc) is 2.14. The van der Waals surface area contributed by atoms with E-state index in [0.717, 1.165) is 6.54 Å². The Morgan fingerprint density at radius 3 is 2.71 bits per heavy atom. The van der Waals surface area contributed by atoms with E-state index < -0.39 is 0 Å². The van der Waals surface area contributed by atoms with E-state index in [2.05, 4.69) is 31.1 Å². The first kappa shape index (κ1) is 12.0. The number of aliphatic hydroxyl groups is 1. The van der Waals surface area contributed by atoms with Crippen LogP contribution in [0, 0.1) is 5.92 Å². The van der Waals surface area contributed by atoms with Gasteiger partial charge in [-0.2, -0.15) is 0 Å². The predicted octanol–water partition coefficient (Wildman–Crippen LogP) is 0.685. The van der Waals surface area contributed by atoms with Crippen LogP contribution in [-0.2, 0) is 0 Å². The first-order valence-electron chi connectivity index (χ1n) is 5.61. The third kappa shape index (κ3) is 2.94. The summed E-state index contributed by atoms with van der Waals surface area (Å²) in [4.78, 5) is 2.41. The van der Waals surface area contributed by atoms with E-state index in [1.165, 1.54) is 6.42 Å². The Hall–Kier alpha value is -0.120. The smallest absolute Gasteiger partial charge is 0.0582 e. The van der Waals surface area contributed by atoms with Crippen LogP contribution in [-0.4, -0.2) is 48.3 Å². The lowest BCUT2D eigenvalue weighted by Gasteiger charge is -2.41. The molecule has 0 amide bonds. The van der Waals surface area contributed by atoms with Gasteiger partial charge in [0.25, 0.3) is 0 Å². The standard InChI is InChI=1S/C11H24N2O/c1-8-6-13(4)10(3)5-11(8)12-9(2)7-14/h8-12,14H,5-7H2,1-4H3/t8-,9+,10-,11+/m1/s1. The molecule has 0 aromatic heterocycles. The summed E-state index contributed by atoms with van der Waals surface area (Å²) in [6, 6.07) is 1.43. The molecule has 1 saturated heterocycles. The summed E-state index contributed by atoms with van der Waals surface area (Å²) < 4.78 is 0. The van der Waals surface area contributed by atoms with E-state index >= 15 is 0 Å². The maximum absolute atomic E-state index is 9.00. The summed E-state index contributed by atoms with van der Waals surface area (Å²) in [5, 5.41) is 12.5. The summed E-state index contributed by atoms with van der Waals surface area (Å²) >= 11 is 0. The van der Waals surface area contributed by atoms with Crippen molar-refractivity contribution in [3.63, 3.8) is 0 Å². The Kier molecular flexibility index (Phi) is 4.35. The van der Waals surface area contributed by atoms with Crippen LogP contribution in [0.2, 0.25) is 0 Å². The lowest BCUT2D eigenvalue weighted by Crippen LogP contribution is -2.53. The van der Waals surface area contributed by atoms with Gasteiger partial charge < -0.3 is 15.3 Å². The van der Waals surface area contributed by atoms with Gasteiger partial charge in [-0.25, -0.2) is 0 Å². The predicted molar refractivity (Wildman–Crippen MR) is 59.3 cm³/mol. The Morgan fingerprint density at radius 2 is 2.14 bits per heavy atom. The molecule has 1 fully saturated rings. The van der Waals surface area contributed by atoms with Crippen LogP contribution in [0.4, 0.5) is 0 Å². The molecule has 1 rings (SSSR count). The van der Waals surface area contributed by atoms with Crippen molar-refractivity contribution in [3.8, 4) is 0 Å². The van der Waals surface area contributed by atoms with Gasteiger partial charge >= 0.3 is 0 Å². The fraction of sp³-hybridized carbons (Fsp3) is 1.00. The molecule has 1 aliphatic rings. The van der Waals surface area contributed by atoms with E-state index in [-0.39, 0.29) is 12.6 Å². The van der Waals surface area contributed by atoms with Gasteiger partial charge in [0.05, 0.1) is 6.61 Å². The molecule has 0 radical (unpaired) electrons. The minimum atomic E-state index is 0.220. The fourth-order valence-electron chi connectivity index (χ4n) is 2.19. The van der Waals surface area contributed by atoms with Crippen molar-refractivity contribution in [2.45, 2.75) is 45.3 Å². The first-order valence-corrected chi connectivity index (χ1v) is 5.61. The Morgan fingerprint density at radius 1 is 1.50 bits per heavy atom. The number of nitrogens with one attached hydrogen (secondary N) is 1. The van der Waals surface area contributed by atoms with Gasteiger partial charge in [-0.1, -0.05) is 6.92 Å². The van der Waals surface area contributed by atoms with Gasteiger partial charge in [-0.15, -0.1) is 0 Å². The quantitative estimate of drug-likeness (QED) is 0.703. The normalized spacial score (nSPS) is 37.1. The number of hydrogen-bond donors (Lipinski definition) is 2. The van der Waals surface area contributed by atoms with Gasteiger partial charge in [-0.3, -0.25) is 0 Å². The molecule has 0 aromatic rings. The van der Waals surface area contributed by atoms with Gasteiger partial charge in [0.1, 0.15) is 0 Å². The molecule has 4 atom stereocenters. The zero-order chi connectivity index (χ0) is 10.7. The van der Waals surface area contributed by atoms with E-state index in [4.69, 9.17) is 5.11 Å². The van der Waals surface area contributed by atoms with E-state index in [1.54, 1.807) is 0 Å². The maximum atomic E-state index is 9.00. The lowest BCUT2D eigenvalue weighted by atomic mass is 9.89. The van der Waals surface area contributed by atoms with Crippen LogP contribution in [0.15, 0.2) is 0 Å². The first-order chi connectivity index (χ1) is 6.54. The largest absolute Gasteiger partial charge is 0.395 e. The van der Waals surface area contributed by atoms with Gasteiger partial charge in [0, 0.05) is 24.7 Å². The summed E-state index contributed by atoms with van der Waals surface area (Å²) in [5.74, 6) is 0.671. The van der Waals surface area contributed by atoms with Crippen LogP contribution in [0.5, 0.6) is 0 Å². The number of aliphatic hydroxyl groups excluding tert-OH is 1. The molecule has 0 bridgehead atoms. The van der Waals surface area contributed by atoms with E-state index in [9.17, 15) is 0 Å². The van der Waals surface area contributed by atoms with Crippen LogP contribution in [0.1, 0.15) is 27.2 Å². The average molecular weight is 200 g/mol. The minimum Gasteiger partial charge on any atom is -0.395 e. The van der Waals surface area contributed by atoms with E-state index in [0.29, 0.717) is 18.0 Å². The molecule has 84 valence electrons. The molecule has 3 heteroatoms. The van der Waals surface area contributed by atoms with E-state index in [1.807, 2.05) is 6.92 Å². The van der Waals surface area contributed by atoms with Crippen molar-refractivity contribution < 1.29 is 5.11 Å². The number of piperidine rings is 1. The van der Waals surface area contributed by atoms with Gasteiger partial charge in [0.15, 0.2) is 0 Å². The number of likely N-dealkylation sites (tertiary alicyclic amines) is 1. The van der Waals surface area contributed by atoms with Crippen molar-refractivity contribution in [1.29, 1.82) is 0 Å². The second-order valence-corrected chi connectivity index (χ2v) is 4.86. The minimum absolute atomic E-state index is 0.220. The van der Waals surface area contributed by atoms with Crippen LogP contribution in [0.25, 0.3) is 0 Å². The number of nitrogens with zero attached hydrogens (tertiary/aromatic N) is 1. The summed E-state index contributed by atoms with van der Waals surface area (Å²) in [7, 11) is 2.19. The summed E-state index contributed by atoms with van der Waals surface area (Å²) in [6.07, 6.45) is 1.18. The third-order valence-corrected chi connectivity index (χ3v) is 3.38. The monoisotopic (exact) mass is 200 g/mol. The van der Waals surface area contributed by atoms with Crippen molar-refractivity contribution in [2.24, 2.45) is 5.92 Å². The highest BCUT2D eigenvalue weighted by molar-refractivity contribution is 4.87. The number of hydrogen-bond acceptors (Lipinski definition) is 3. The molecule has 3 nitrogen and oxygen atoms in total. The lowest BCUT2D eigenvalue weighted by molar-refractivity contribution is 0.109. The molecule has 0 saturated carbocycles. The Labute approximate surface area is 87.5 Å². The molecule has 0 unspecified atom stereocenters. The zero-order valence-corrected chi connectivity index (χ0v) is 9.83. The third-order valence-electron chi connectivity index (χ3n) is 3.38. The molecule has 0 aliphatic carbocycles. The van der Waals surface area contributed by atoms with Gasteiger partial charge in [-0.05, 0) is 33.2 Å². The van der Waals surface area contributed by atoms with Crippen LogP contribution in [0.3, 0.4) is 0 Å². The Bertz CT molecular complexity index is 173. The topological polar surface area (TPSA) is 35.5 Å². The second kappa shape index (κ2) is 5.10. The molecular weight excluding hydrogens is 176 g/mol. The van der Waals surface area contributed by atoms with Crippen LogP contribution < -0.4 is 5.32 Å². The van der Waals surface area contributed by atoms with Crippen molar-refractivity contribution in [2.75, 3.05) is 20.2 Å². The highest BCUT2D eigenvalue weighted by Gasteiger charge is 2.29. The SMILES string of the molecule is C[C@@H]1CN(C)[C@H](C)C[C@@H]1N[C@@H](C)CO. The van der Waals surface area contributed by atoms with Crippen molar-refractivity contribution in [3.05, 3.63) is 0 Å². The molecule has 1 aliphatic heterocycles. The van der Waals surface area contributed by atoms with Crippen molar-refractivity contribution >= 4 is 0 Å². The van der Waals surface area contributed by atoms with Gasteiger partial charge in [0.2, 0.25) is 0 Å². The zero-order valence-electron chi connectivity index (χ0n) is 9.83. The highest BCUT2D eigenvalue weighted by atomic mass is 16.3. The molecule has 14 heavy (non-hydrogen) atoms. The van der Waals surface area contributed by atoms with Crippen LogP contribution >= 0.6 is 0 Å². The highest BCUT2D eigenvalue weighted by Crippen LogP contribution is 2.20. The molecule has 0 spiro atoms. The van der Waals surface area contributed by atoms with Crippen molar-refractivity contribution in [1.82, 2.24) is 10.2 Å². The molecule has 2 N–H and O–H groups in total. The maximum Gasteiger partial charge on any atom is 0.0582 e. The Balaban J connectivity index is 2.44. The second-order valence-electron chi connectivity index (χ2n) is 4.86. The summed E-state index contributed by atoms with van der Waals surface area (Å²) in [6.45, 7) is 7.97. The number of rotatable bonds is 3. The summed E-state index contributed by atoms with van der Waals surface area (Å²) in [5.41, 5.74) is 0. The molecule has 1 heterocycles. The fourth-order valence-corrected chi connectivity index (χ4v) is 2.19. The molecular formula is C11H24N2O. The molecule has 0 aromatic carbocycles.